The van der Waals surface area contributed by atoms with Gasteiger partial charge in [-0.25, -0.2) is 0 Å². The second-order valence-corrected chi connectivity index (χ2v) is 8.34. The van der Waals surface area contributed by atoms with Crippen molar-refractivity contribution in [3.8, 4) is 11.1 Å². The number of fused-ring (bicyclic) bond motifs is 1. The van der Waals surface area contributed by atoms with Gasteiger partial charge < -0.3 is 9.80 Å². The molecule has 5 nitrogen and oxygen atoms in total. The zero-order chi connectivity index (χ0) is 22.7. The van der Waals surface area contributed by atoms with Crippen molar-refractivity contribution in [2.24, 2.45) is 0 Å². The van der Waals surface area contributed by atoms with Crippen LogP contribution in [0.2, 0.25) is 0 Å². The smallest absolute Gasteiger partial charge is 0.0972 e. The molecule has 0 saturated heterocycles. The van der Waals surface area contributed by atoms with Crippen LogP contribution in [0.3, 0.4) is 0 Å². The molecule has 0 fully saturated rings. The van der Waals surface area contributed by atoms with Crippen molar-refractivity contribution >= 4 is 22.3 Å². The molecule has 4 rings (SSSR count). The van der Waals surface area contributed by atoms with Crippen LogP contribution in [0.25, 0.3) is 22.0 Å². The van der Waals surface area contributed by atoms with Crippen molar-refractivity contribution in [1.82, 2.24) is 15.4 Å². The molecular formula is C27H31N5. The van der Waals surface area contributed by atoms with Crippen LogP contribution in [0.1, 0.15) is 30.7 Å². The number of aromatic nitrogens is 3. The first kappa shape index (κ1) is 21.8. The van der Waals surface area contributed by atoms with Gasteiger partial charge in [0, 0.05) is 50.4 Å². The topological polar surface area (TPSA) is 45.2 Å². The summed E-state index contributed by atoms with van der Waals surface area (Å²) in [5, 5.41) is 14.0. The third-order valence-electron chi connectivity index (χ3n) is 6.16. The minimum absolute atomic E-state index is 0.725. The van der Waals surface area contributed by atoms with Crippen molar-refractivity contribution in [3.63, 3.8) is 0 Å². The van der Waals surface area contributed by atoms with Crippen LogP contribution in [0.5, 0.6) is 0 Å². The van der Waals surface area contributed by atoms with Gasteiger partial charge in [-0.05, 0) is 78.6 Å². The van der Waals surface area contributed by atoms with Crippen LogP contribution in [0.15, 0.2) is 60.7 Å². The van der Waals surface area contributed by atoms with E-state index in [1.807, 2.05) is 12.1 Å². The maximum Gasteiger partial charge on any atom is 0.0972 e. The van der Waals surface area contributed by atoms with Crippen LogP contribution < -0.4 is 9.80 Å². The number of anilines is 2. The predicted molar refractivity (Wildman–Crippen MR) is 135 cm³/mol. The minimum Gasteiger partial charge on any atom is -0.378 e. The summed E-state index contributed by atoms with van der Waals surface area (Å²) in [6.07, 6.45) is 0.725. The lowest BCUT2D eigenvalue weighted by Crippen LogP contribution is -2.21. The third kappa shape index (κ3) is 4.28. The summed E-state index contributed by atoms with van der Waals surface area (Å²) >= 11 is 0. The largest absolute Gasteiger partial charge is 0.378 e. The number of aryl methyl sites for hydroxylation is 1. The summed E-state index contributed by atoms with van der Waals surface area (Å²) in [7, 11) is 4.11. The fraction of sp³-hybridized carbons (Fsp3) is 0.296. The molecule has 3 aromatic carbocycles. The van der Waals surface area contributed by atoms with Gasteiger partial charge in [0.05, 0.1) is 11.2 Å². The van der Waals surface area contributed by atoms with Gasteiger partial charge in [0.15, 0.2) is 0 Å². The van der Waals surface area contributed by atoms with Crippen molar-refractivity contribution in [1.29, 1.82) is 0 Å². The normalized spacial score (nSPS) is 11.0. The Morgan fingerprint density at radius 2 is 1.53 bits per heavy atom. The van der Waals surface area contributed by atoms with Crippen molar-refractivity contribution < 1.29 is 0 Å². The molecule has 0 aliphatic rings. The summed E-state index contributed by atoms with van der Waals surface area (Å²) in [6.45, 7) is 8.58. The number of nitrogens with zero attached hydrogens (tertiary/aromatic N) is 5. The predicted octanol–water partition coefficient (Wildman–Crippen LogP) is 5.50. The standard InChI is InChI=1S/C27H31N5/c1-6-32(7-2)23-16-13-21(19(3)17-23)18-26-27-24(9-8-10-25(27)28-30-29-26)20-11-14-22(15-12-20)31(4)5/h8-17H,6-7,18H2,1-5H3. The van der Waals surface area contributed by atoms with Gasteiger partial charge in [0.25, 0.3) is 0 Å². The first-order valence-electron chi connectivity index (χ1n) is 11.2. The Hall–Kier alpha value is -3.47. The van der Waals surface area contributed by atoms with Gasteiger partial charge >= 0.3 is 0 Å². The van der Waals surface area contributed by atoms with Gasteiger partial charge in [-0.2, -0.15) is 0 Å². The van der Waals surface area contributed by atoms with Gasteiger partial charge in [0.2, 0.25) is 0 Å². The highest BCUT2D eigenvalue weighted by molar-refractivity contribution is 5.96. The Morgan fingerprint density at radius 3 is 2.19 bits per heavy atom. The van der Waals surface area contributed by atoms with E-state index in [0.29, 0.717) is 0 Å². The molecule has 1 aromatic heterocycles. The molecule has 0 amide bonds. The molecular weight excluding hydrogens is 394 g/mol. The number of benzene rings is 3. The van der Waals surface area contributed by atoms with E-state index in [2.05, 4.69) is 109 Å². The molecule has 0 aliphatic carbocycles. The van der Waals surface area contributed by atoms with E-state index in [1.165, 1.54) is 22.5 Å². The molecule has 164 valence electrons. The molecule has 5 heteroatoms. The van der Waals surface area contributed by atoms with E-state index in [1.54, 1.807) is 0 Å². The molecule has 0 bridgehead atoms. The van der Waals surface area contributed by atoms with Crippen LogP contribution in [-0.2, 0) is 6.42 Å². The zero-order valence-corrected chi connectivity index (χ0v) is 19.6. The van der Waals surface area contributed by atoms with Gasteiger partial charge in [-0.15, -0.1) is 10.2 Å². The minimum atomic E-state index is 0.725. The lowest BCUT2D eigenvalue weighted by molar-refractivity contribution is 0.847. The van der Waals surface area contributed by atoms with Crippen LogP contribution >= 0.6 is 0 Å². The molecule has 0 aliphatic heterocycles. The van der Waals surface area contributed by atoms with E-state index in [-0.39, 0.29) is 0 Å². The van der Waals surface area contributed by atoms with E-state index in [0.717, 1.165) is 47.2 Å². The van der Waals surface area contributed by atoms with Crippen LogP contribution in [0.4, 0.5) is 11.4 Å². The lowest BCUT2D eigenvalue weighted by Gasteiger charge is -2.22. The van der Waals surface area contributed by atoms with Crippen molar-refractivity contribution in [2.75, 3.05) is 37.0 Å². The first-order valence-corrected chi connectivity index (χ1v) is 11.2. The molecule has 0 saturated carbocycles. The SMILES string of the molecule is CCN(CC)c1ccc(Cc2nnnc3cccc(-c4ccc(N(C)C)cc4)c23)c(C)c1. The Kier molecular flexibility index (Phi) is 6.35. The average molecular weight is 426 g/mol. The van der Waals surface area contributed by atoms with E-state index >= 15 is 0 Å². The quantitative estimate of drug-likeness (QED) is 0.391. The monoisotopic (exact) mass is 425 g/mol. The van der Waals surface area contributed by atoms with Crippen LogP contribution in [-0.4, -0.2) is 42.6 Å². The molecule has 0 N–H and O–H groups in total. The summed E-state index contributed by atoms with van der Waals surface area (Å²) in [4.78, 5) is 4.48. The highest BCUT2D eigenvalue weighted by Gasteiger charge is 2.14. The van der Waals surface area contributed by atoms with Gasteiger partial charge in [0.1, 0.15) is 0 Å². The second-order valence-electron chi connectivity index (χ2n) is 8.34. The summed E-state index contributed by atoms with van der Waals surface area (Å²) < 4.78 is 0. The Labute approximate surface area is 190 Å². The highest BCUT2D eigenvalue weighted by atomic mass is 15.3. The molecule has 0 radical (unpaired) electrons. The fourth-order valence-electron chi connectivity index (χ4n) is 4.25. The fourth-order valence-corrected chi connectivity index (χ4v) is 4.25. The first-order chi connectivity index (χ1) is 15.5. The van der Waals surface area contributed by atoms with Crippen LogP contribution in [0, 0.1) is 6.92 Å². The Morgan fingerprint density at radius 1 is 0.812 bits per heavy atom. The molecule has 32 heavy (non-hydrogen) atoms. The van der Waals surface area contributed by atoms with Gasteiger partial charge in [-0.3, -0.25) is 0 Å². The van der Waals surface area contributed by atoms with E-state index in [9.17, 15) is 0 Å². The summed E-state index contributed by atoms with van der Waals surface area (Å²) in [5.74, 6) is 0. The second kappa shape index (κ2) is 9.35. The molecule has 0 spiro atoms. The summed E-state index contributed by atoms with van der Waals surface area (Å²) in [5.41, 5.74) is 9.12. The Balaban J connectivity index is 1.76. The lowest BCUT2D eigenvalue weighted by atomic mass is 9.95. The van der Waals surface area contributed by atoms with E-state index < -0.39 is 0 Å². The van der Waals surface area contributed by atoms with Crippen molar-refractivity contribution in [3.05, 3.63) is 77.5 Å². The molecule has 1 heterocycles. The number of rotatable bonds is 7. The maximum atomic E-state index is 4.49. The van der Waals surface area contributed by atoms with Gasteiger partial charge in [-0.1, -0.05) is 30.3 Å². The number of hydrogen-bond acceptors (Lipinski definition) is 5. The maximum absolute atomic E-state index is 4.49. The molecule has 0 unspecified atom stereocenters. The number of hydrogen-bond donors (Lipinski definition) is 0. The summed E-state index contributed by atoms with van der Waals surface area (Å²) in [6, 6.07) is 21.5. The average Bonchev–Trinajstić information content (AvgIpc) is 2.81. The molecule has 4 aromatic rings. The van der Waals surface area contributed by atoms with E-state index in [4.69, 9.17) is 0 Å². The highest BCUT2D eigenvalue weighted by Crippen LogP contribution is 2.32. The zero-order valence-electron chi connectivity index (χ0n) is 19.6. The van der Waals surface area contributed by atoms with Crippen molar-refractivity contribution in [2.45, 2.75) is 27.2 Å². The Bertz CT molecular complexity index is 1210. The third-order valence-corrected chi connectivity index (χ3v) is 6.16. The molecule has 0 atom stereocenters.